The maximum atomic E-state index is 11.7. The Morgan fingerprint density at radius 3 is 1.38 bits per heavy atom. The molecular formula is C18H18O6. The average Bonchev–Trinajstić information content (AvgIpc) is 2.64. The zero-order valence-corrected chi connectivity index (χ0v) is 12.9. The summed E-state index contributed by atoms with van der Waals surface area (Å²) in [5, 5.41) is 19.4. The SMILES string of the molecule is O=C(OCc1ccccc1)[C@H](O)[C@@H](O)C(=O)OCc1ccccc1. The maximum Gasteiger partial charge on any atom is 0.338 e. The fourth-order valence-electron chi connectivity index (χ4n) is 1.89. The van der Waals surface area contributed by atoms with Crippen LogP contribution < -0.4 is 0 Å². The molecule has 0 bridgehead atoms. The minimum absolute atomic E-state index is 0.0669. The molecule has 0 saturated heterocycles. The summed E-state index contributed by atoms with van der Waals surface area (Å²) in [6, 6.07) is 17.7. The molecule has 0 radical (unpaired) electrons. The number of aliphatic hydroxyl groups excluding tert-OH is 2. The smallest absolute Gasteiger partial charge is 0.338 e. The van der Waals surface area contributed by atoms with Crippen LogP contribution in [0.3, 0.4) is 0 Å². The summed E-state index contributed by atoms with van der Waals surface area (Å²) < 4.78 is 9.73. The van der Waals surface area contributed by atoms with Gasteiger partial charge in [-0.3, -0.25) is 0 Å². The lowest BCUT2D eigenvalue weighted by atomic mass is 10.2. The number of esters is 2. The van der Waals surface area contributed by atoms with Crippen molar-refractivity contribution in [3.8, 4) is 0 Å². The van der Waals surface area contributed by atoms with E-state index in [-0.39, 0.29) is 13.2 Å². The average molecular weight is 330 g/mol. The Labute approximate surface area is 139 Å². The van der Waals surface area contributed by atoms with E-state index in [1.807, 2.05) is 12.1 Å². The van der Waals surface area contributed by atoms with Gasteiger partial charge in [0, 0.05) is 0 Å². The van der Waals surface area contributed by atoms with Gasteiger partial charge in [0.05, 0.1) is 0 Å². The van der Waals surface area contributed by atoms with E-state index in [1.54, 1.807) is 48.5 Å². The van der Waals surface area contributed by atoms with Crippen LogP contribution in [0.5, 0.6) is 0 Å². The van der Waals surface area contributed by atoms with Gasteiger partial charge in [0.1, 0.15) is 13.2 Å². The molecule has 0 aromatic heterocycles. The van der Waals surface area contributed by atoms with Gasteiger partial charge in [-0.15, -0.1) is 0 Å². The largest absolute Gasteiger partial charge is 0.459 e. The Hall–Kier alpha value is -2.70. The number of carbonyl (C=O) groups is 2. The molecule has 6 heteroatoms. The maximum absolute atomic E-state index is 11.7. The molecule has 6 nitrogen and oxygen atoms in total. The van der Waals surface area contributed by atoms with Crippen LogP contribution in [-0.4, -0.2) is 34.4 Å². The summed E-state index contributed by atoms with van der Waals surface area (Å²) in [5.41, 5.74) is 1.44. The van der Waals surface area contributed by atoms with Crippen molar-refractivity contribution in [2.45, 2.75) is 25.4 Å². The number of hydrogen-bond donors (Lipinski definition) is 2. The Balaban J connectivity index is 1.80. The predicted octanol–water partition coefficient (Wildman–Crippen LogP) is 1.19. The van der Waals surface area contributed by atoms with Crippen molar-refractivity contribution < 1.29 is 29.3 Å². The molecule has 0 amide bonds. The van der Waals surface area contributed by atoms with Gasteiger partial charge < -0.3 is 19.7 Å². The summed E-state index contributed by atoms with van der Waals surface area (Å²) in [5.74, 6) is -2.19. The molecule has 2 atom stereocenters. The van der Waals surface area contributed by atoms with Crippen LogP contribution in [0.1, 0.15) is 11.1 Å². The van der Waals surface area contributed by atoms with Gasteiger partial charge in [0.15, 0.2) is 12.2 Å². The van der Waals surface area contributed by atoms with Crippen LogP contribution in [0.25, 0.3) is 0 Å². The second-order valence-electron chi connectivity index (χ2n) is 5.08. The third-order valence-electron chi connectivity index (χ3n) is 3.23. The van der Waals surface area contributed by atoms with Crippen LogP contribution in [-0.2, 0) is 32.3 Å². The lowest BCUT2D eigenvalue weighted by Crippen LogP contribution is -2.41. The predicted molar refractivity (Wildman–Crippen MR) is 84.5 cm³/mol. The van der Waals surface area contributed by atoms with E-state index in [1.165, 1.54) is 0 Å². The van der Waals surface area contributed by atoms with Crippen molar-refractivity contribution in [1.82, 2.24) is 0 Å². The summed E-state index contributed by atoms with van der Waals surface area (Å²) in [6.45, 7) is -0.134. The molecule has 0 unspecified atom stereocenters. The minimum Gasteiger partial charge on any atom is -0.459 e. The highest BCUT2D eigenvalue weighted by Crippen LogP contribution is 2.07. The summed E-state index contributed by atoms with van der Waals surface area (Å²) in [6.07, 6.45) is -4.01. The Morgan fingerprint density at radius 2 is 1.04 bits per heavy atom. The highest BCUT2D eigenvalue weighted by Gasteiger charge is 2.32. The van der Waals surface area contributed by atoms with Crippen molar-refractivity contribution >= 4 is 11.9 Å². The molecule has 0 spiro atoms. The first-order chi connectivity index (χ1) is 11.6. The second-order valence-corrected chi connectivity index (χ2v) is 5.08. The fraction of sp³-hybridized carbons (Fsp3) is 0.222. The fourth-order valence-corrected chi connectivity index (χ4v) is 1.89. The normalized spacial score (nSPS) is 12.9. The topological polar surface area (TPSA) is 93.1 Å². The van der Waals surface area contributed by atoms with Gasteiger partial charge in [-0.25, -0.2) is 9.59 Å². The monoisotopic (exact) mass is 330 g/mol. The van der Waals surface area contributed by atoms with Gasteiger partial charge in [0.25, 0.3) is 0 Å². The molecule has 0 saturated carbocycles. The molecule has 0 aliphatic carbocycles. The van der Waals surface area contributed by atoms with E-state index < -0.39 is 24.1 Å². The molecule has 0 heterocycles. The number of carbonyl (C=O) groups excluding carboxylic acids is 2. The Morgan fingerprint density at radius 1 is 0.708 bits per heavy atom. The number of hydrogen-bond acceptors (Lipinski definition) is 6. The first-order valence-electron chi connectivity index (χ1n) is 7.35. The first kappa shape index (κ1) is 17.7. The summed E-state index contributed by atoms with van der Waals surface area (Å²) in [7, 11) is 0. The second kappa shape index (κ2) is 8.81. The first-order valence-corrected chi connectivity index (χ1v) is 7.35. The Kier molecular flexibility index (Phi) is 6.48. The summed E-state index contributed by atoms with van der Waals surface area (Å²) >= 11 is 0. The molecule has 2 aromatic carbocycles. The third kappa shape index (κ3) is 5.19. The number of rotatable bonds is 7. The van der Waals surface area contributed by atoms with E-state index in [0.29, 0.717) is 0 Å². The van der Waals surface area contributed by atoms with Crippen LogP contribution in [0.4, 0.5) is 0 Å². The lowest BCUT2D eigenvalue weighted by molar-refractivity contribution is -0.174. The van der Waals surface area contributed by atoms with Crippen molar-refractivity contribution in [2.75, 3.05) is 0 Å². The van der Waals surface area contributed by atoms with Crippen LogP contribution in [0.15, 0.2) is 60.7 Å². The van der Waals surface area contributed by atoms with Gasteiger partial charge >= 0.3 is 11.9 Å². The minimum atomic E-state index is -2.00. The van der Waals surface area contributed by atoms with E-state index in [2.05, 4.69) is 0 Å². The molecule has 126 valence electrons. The number of aliphatic hydroxyl groups is 2. The molecule has 2 aromatic rings. The highest BCUT2D eigenvalue weighted by molar-refractivity contribution is 5.85. The van der Waals surface area contributed by atoms with E-state index >= 15 is 0 Å². The van der Waals surface area contributed by atoms with Gasteiger partial charge in [-0.1, -0.05) is 60.7 Å². The molecule has 24 heavy (non-hydrogen) atoms. The van der Waals surface area contributed by atoms with Gasteiger partial charge in [-0.05, 0) is 11.1 Å². The molecule has 0 aliphatic heterocycles. The van der Waals surface area contributed by atoms with E-state index in [0.717, 1.165) is 11.1 Å². The number of benzene rings is 2. The van der Waals surface area contributed by atoms with E-state index in [9.17, 15) is 19.8 Å². The zero-order valence-electron chi connectivity index (χ0n) is 12.9. The van der Waals surface area contributed by atoms with Gasteiger partial charge in [0.2, 0.25) is 0 Å². The van der Waals surface area contributed by atoms with Crippen LogP contribution in [0.2, 0.25) is 0 Å². The van der Waals surface area contributed by atoms with Crippen molar-refractivity contribution in [2.24, 2.45) is 0 Å². The zero-order chi connectivity index (χ0) is 17.4. The number of ether oxygens (including phenoxy) is 2. The van der Waals surface area contributed by atoms with Crippen molar-refractivity contribution in [3.05, 3.63) is 71.8 Å². The quantitative estimate of drug-likeness (QED) is 0.741. The van der Waals surface area contributed by atoms with Crippen LogP contribution >= 0.6 is 0 Å². The highest BCUT2D eigenvalue weighted by atomic mass is 16.6. The summed E-state index contributed by atoms with van der Waals surface area (Å²) in [4.78, 5) is 23.4. The third-order valence-corrected chi connectivity index (χ3v) is 3.23. The van der Waals surface area contributed by atoms with Crippen LogP contribution in [0, 0.1) is 0 Å². The van der Waals surface area contributed by atoms with Crippen molar-refractivity contribution in [3.63, 3.8) is 0 Å². The molecule has 0 fully saturated rings. The van der Waals surface area contributed by atoms with Gasteiger partial charge in [-0.2, -0.15) is 0 Å². The lowest BCUT2D eigenvalue weighted by Gasteiger charge is -2.16. The molecule has 0 aliphatic rings. The molecule has 2 rings (SSSR count). The molecule has 2 N–H and O–H groups in total. The molecular weight excluding hydrogens is 312 g/mol. The standard InChI is InChI=1S/C18H18O6/c19-15(17(21)23-11-13-7-3-1-4-8-13)16(20)18(22)24-12-14-9-5-2-6-10-14/h1-10,15-16,19-20H,11-12H2/t15-,16-/m1/s1. The van der Waals surface area contributed by atoms with Crippen molar-refractivity contribution in [1.29, 1.82) is 0 Å². The Bertz CT molecular complexity index is 596. The van der Waals surface area contributed by atoms with E-state index in [4.69, 9.17) is 9.47 Å².